The second-order valence-electron chi connectivity index (χ2n) is 3.29. The van der Waals surface area contributed by atoms with Gasteiger partial charge in [0, 0.05) is 7.11 Å². The number of halogens is 1. The van der Waals surface area contributed by atoms with Crippen LogP contribution >= 0.6 is 15.9 Å². The number of aryl methyl sites for hydroxylation is 1. The van der Waals surface area contributed by atoms with E-state index in [-0.39, 0.29) is 6.10 Å². The molecule has 0 fully saturated rings. The first kappa shape index (κ1) is 11.5. The fraction of sp³-hybridized carbons (Fsp3) is 0.455. The van der Waals surface area contributed by atoms with Gasteiger partial charge in [-0.25, -0.2) is 0 Å². The number of methoxy groups -OCH3 is 1. The van der Waals surface area contributed by atoms with Crippen molar-refractivity contribution in [2.24, 2.45) is 0 Å². The fourth-order valence-corrected chi connectivity index (χ4v) is 1.61. The molecule has 0 aliphatic heterocycles. The van der Waals surface area contributed by atoms with Crippen molar-refractivity contribution in [2.45, 2.75) is 20.0 Å². The lowest BCUT2D eigenvalue weighted by Gasteiger charge is -2.12. The summed E-state index contributed by atoms with van der Waals surface area (Å²) in [7, 11) is 1.68. The Morgan fingerprint density at radius 2 is 2.14 bits per heavy atom. The second kappa shape index (κ2) is 5.37. The molecular weight excluding hydrogens is 244 g/mol. The van der Waals surface area contributed by atoms with E-state index >= 15 is 0 Å². The van der Waals surface area contributed by atoms with Gasteiger partial charge in [0.2, 0.25) is 0 Å². The molecule has 0 unspecified atom stereocenters. The molecule has 0 saturated carbocycles. The van der Waals surface area contributed by atoms with Crippen LogP contribution in [0.25, 0.3) is 0 Å². The number of benzene rings is 1. The lowest BCUT2D eigenvalue weighted by molar-refractivity contribution is 0.0714. The summed E-state index contributed by atoms with van der Waals surface area (Å²) in [5.41, 5.74) is 1.21. The molecule has 0 saturated heterocycles. The van der Waals surface area contributed by atoms with E-state index in [1.54, 1.807) is 7.11 Å². The minimum Gasteiger partial charge on any atom is -0.490 e. The molecule has 0 amide bonds. The highest BCUT2D eigenvalue weighted by Gasteiger charge is 2.04. The summed E-state index contributed by atoms with van der Waals surface area (Å²) < 4.78 is 11.7. The van der Waals surface area contributed by atoms with E-state index in [1.807, 2.05) is 32.0 Å². The maximum absolute atomic E-state index is 5.57. The van der Waals surface area contributed by atoms with Crippen LogP contribution < -0.4 is 4.74 Å². The molecule has 0 bridgehead atoms. The minimum atomic E-state index is 0.114. The number of hydrogen-bond acceptors (Lipinski definition) is 2. The summed E-state index contributed by atoms with van der Waals surface area (Å²) in [6, 6.07) is 6.02. The van der Waals surface area contributed by atoms with E-state index in [1.165, 1.54) is 5.56 Å². The molecule has 0 radical (unpaired) electrons. The van der Waals surface area contributed by atoms with Gasteiger partial charge >= 0.3 is 0 Å². The van der Waals surface area contributed by atoms with E-state index in [9.17, 15) is 0 Å². The molecule has 0 aliphatic rings. The van der Waals surface area contributed by atoms with Crippen LogP contribution in [0.4, 0.5) is 0 Å². The van der Waals surface area contributed by atoms with E-state index in [2.05, 4.69) is 15.9 Å². The van der Waals surface area contributed by atoms with Crippen LogP contribution in [-0.4, -0.2) is 19.8 Å². The molecule has 0 N–H and O–H groups in total. The third-order valence-corrected chi connectivity index (χ3v) is 2.58. The van der Waals surface area contributed by atoms with Gasteiger partial charge in [-0.15, -0.1) is 0 Å². The molecular formula is C11H15BrO2. The average molecular weight is 259 g/mol. The third kappa shape index (κ3) is 3.31. The summed E-state index contributed by atoms with van der Waals surface area (Å²) in [5, 5.41) is 0. The molecule has 0 aromatic heterocycles. The smallest absolute Gasteiger partial charge is 0.133 e. The zero-order valence-corrected chi connectivity index (χ0v) is 10.3. The summed E-state index contributed by atoms with van der Waals surface area (Å²) in [6.45, 7) is 4.59. The summed E-state index contributed by atoms with van der Waals surface area (Å²) >= 11 is 3.45. The molecule has 2 nitrogen and oxygen atoms in total. The molecule has 1 aromatic rings. The first-order valence-corrected chi connectivity index (χ1v) is 5.34. The molecule has 3 heteroatoms. The largest absolute Gasteiger partial charge is 0.490 e. The van der Waals surface area contributed by atoms with Crippen LogP contribution in [0.15, 0.2) is 22.7 Å². The molecule has 1 atom stereocenters. The summed E-state index contributed by atoms with van der Waals surface area (Å²) in [4.78, 5) is 0. The van der Waals surface area contributed by atoms with E-state index < -0.39 is 0 Å². The van der Waals surface area contributed by atoms with Crippen molar-refractivity contribution in [1.82, 2.24) is 0 Å². The molecule has 14 heavy (non-hydrogen) atoms. The maximum atomic E-state index is 5.57. The molecule has 1 rings (SSSR count). The molecule has 0 spiro atoms. The lowest BCUT2D eigenvalue weighted by atomic mass is 10.2. The Balaban J connectivity index is 2.59. The average Bonchev–Trinajstić information content (AvgIpc) is 2.16. The Kier molecular flexibility index (Phi) is 4.42. The Morgan fingerprint density at radius 1 is 1.43 bits per heavy atom. The normalized spacial score (nSPS) is 12.6. The zero-order valence-electron chi connectivity index (χ0n) is 8.71. The highest BCUT2D eigenvalue weighted by Crippen LogP contribution is 2.25. The van der Waals surface area contributed by atoms with E-state index in [0.29, 0.717) is 6.61 Å². The number of rotatable bonds is 4. The number of hydrogen-bond donors (Lipinski definition) is 0. The second-order valence-corrected chi connectivity index (χ2v) is 4.15. The minimum absolute atomic E-state index is 0.114. The van der Waals surface area contributed by atoms with Crippen molar-refractivity contribution in [3.63, 3.8) is 0 Å². The molecule has 0 heterocycles. The van der Waals surface area contributed by atoms with Gasteiger partial charge in [-0.2, -0.15) is 0 Å². The highest BCUT2D eigenvalue weighted by molar-refractivity contribution is 9.10. The Labute approximate surface area is 93.4 Å². The van der Waals surface area contributed by atoms with Crippen molar-refractivity contribution in [2.75, 3.05) is 13.7 Å². The first-order chi connectivity index (χ1) is 6.63. The first-order valence-electron chi connectivity index (χ1n) is 4.55. The van der Waals surface area contributed by atoms with Crippen molar-refractivity contribution in [3.05, 3.63) is 28.2 Å². The van der Waals surface area contributed by atoms with Crippen LogP contribution in [0.5, 0.6) is 5.75 Å². The maximum Gasteiger partial charge on any atom is 0.133 e. The Hall–Kier alpha value is -0.540. The SMILES string of the molecule is CO[C@H](C)COc1ccc(C)cc1Br. The van der Waals surface area contributed by atoms with Gasteiger partial charge in [0.15, 0.2) is 0 Å². The van der Waals surface area contributed by atoms with Crippen LogP contribution in [0.1, 0.15) is 12.5 Å². The van der Waals surface area contributed by atoms with Gasteiger partial charge in [-0.3, -0.25) is 0 Å². The van der Waals surface area contributed by atoms with Gasteiger partial charge in [0.1, 0.15) is 12.4 Å². The van der Waals surface area contributed by atoms with Crippen LogP contribution in [0, 0.1) is 6.92 Å². The van der Waals surface area contributed by atoms with Crippen molar-refractivity contribution in [1.29, 1.82) is 0 Å². The van der Waals surface area contributed by atoms with Gasteiger partial charge in [-0.1, -0.05) is 6.07 Å². The van der Waals surface area contributed by atoms with Gasteiger partial charge in [0.25, 0.3) is 0 Å². The molecule has 78 valence electrons. The molecule has 1 aromatic carbocycles. The predicted octanol–water partition coefficient (Wildman–Crippen LogP) is 3.17. The third-order valence-electron chi connectivity index (χ3n) is 1.96. The van der Waals surface area contributed by atoms with Gasteiger partial charge < -0.3 is 9.47 Å². The number of ether oxygens (including phenoxy) is 2. The van der Waals surface area contributed by atoms with Crippen LogP contribution in [0.3, 0.4) is 0 Å². The van der Waals surface area contributed by atoms with Crippen LogP contribution in [0.2, 0.25) is 0 Å². The predicted molar refractivity (Wildman–Crippen MR) is 60.8 cm³/mol. The van der Waals surface area contributed by atoms with Crippen molar-refractivity contribution < 1.29 is 9.47 Å². The van der Waals surface area contributed by atoms with Gasteiger partial charge in [-0.05, 0) is 47.5 Å². The monoisotopic (exact) mass is 258 g/mol. The Bertz CT molecular complexity index is 299. The zero-order chi connectivity index (χ0) is 10.6. The lowest BCUT2D eigenvalue weighted by Crippen LogP contribution is -2.16. The fourth-order valence-electron chi connectivity index (χ4n) is 0.998. The van der Waals surface area contributed by atoms with Crippen LogP contribution in [-0.2, 0) is 4.74 Å². The van der Waals surface area contributed by atoms with Gasteiger partial charge in [0.05, 0.1) is 10.6 Å². The highest BCUT2D eigenvalue weighted by atomic mass is 79.9. The standard InChI is InChI=1S/C11H15BrO2/c1-8-4-5-11(10(12)6-8)14-7-9(2)13-3/h4-6,9H,7H2,1-3H3/t9-/m1/s1. The van der Waals surface area contributed by atoms with Crippen molar-refractivity contribution in [3.8, 4) is 5.75 Å². The van der Waals surface area contributed by atoms with E-state index in [4.69, 9.17) is 9.47 Å². The topological polar surface area (TPSA) is 18.5 Å². The summed E-state index contributed by atoms with van der Waals surface area (Å²) in [6.07, 6.45) is 0.114. The van der Waals surface area contributed by atoms with E-state index in [0.717, 1.165) is 10.2 Å². The van der Waals surface area contributed by atoms with Crippen molar-refractivity contribution >= 4 is 15.9 Å². The summed E-state index contributed by atoms with van der Waals surface area (Å²) in [5.74, 6) is 0.861. The Morgan fingerprint density at radius 3 is 2.71 bits per heavy atom. The quantitative estimate of drug-likeness (QED) is 0.826. The molecule has 0 aliphatic carbocycles.